The lowest BCUT2D eigenvalue weighted by atomic mass is 10.2. The molecule has 3 nitrogen and oxygen atoms in total. The van der Waals surface area contributed by atoms with E-state index in [4.69, 9.17) is 0 Å². The van der Waals surface area contributed by atoms with Crippen LogP contribution in [0.2, 0.25) is 0 Å². The Morgan fingerprint density at radius 3 is 3.07 bits per heavy atom. The van der Waals surface area contributed by atoms with Crippen LogP contribution >= 0.6 is 11.8 Å². The molecule has 0 bridgehead atoms. The smallest absolute Gasteiger partial charge is 0.233 e. The molecule has 1 saturated heterocycles. The van der Waals surface area contributed by atoms with Crippen LogP contribution in [0.15, 0.2) is 0 Å². The molecule has 0 aromatic carbocycles. The maximum absolute atomic E-state index is 11.3. The predicted molar refractivity (Wildman–Crippen MR) is 61.7 cm³/mol. The Morgan fingerprint density at radius 2 is 2.43 bits per heavy atom. The van der Waals surface area contributed by atoms with Gasteiger partial charge in [0, 0.05) is 18.3 Å². The zero-order chi connectivity index (χ0) is 10.2. The van der Waals surface area contributed by atoms with Crippen molar-refractivity contribution in [1.29, 1.82) is 0 Å². The van der Waals surface area contributed by atoms with Gasteiger partial charge in [0.2, 0.25) is 5.91 Å². The quantitative estimate of drug-likeness (QED) is 0.651. The number of rotatable bonds is 6. The lowest BCUT2D eigenvalue weighted by Crippen LogP contribution is -2.39. The van der Waals surface area contributed by atoms with E-state index >= 15 is 0 Å². The van der Waals surface area contributed by atoms with Crippen molar-refractivity contribution in [3.05, 3.63) is 0 Å². The lowest BCUT2D eigenvalue weighted by Gasteiger charge is -2.10. The monoisotopic (exact) mass is 216 g/mol. The van der Waals surface area contributed by atoms with Crippen molar-refractivity contribution in [1.82, 2.24) is 10.6 Å². The highest BCUT2D eigenvalue weighted by atomic mass is 32.2. The van der Waals surface area contributed by atoms with Crippen LogP contribution in [0.3, 0.4) is 0 Å². The molecule has 1 rings (SSSR count). The largest absolute Gasteiger partial charge is 0.355 e. The zero-order valence-corrected chi connectivity index (χ0v) is 9.66. The summed E-state index contributed by atoms with van der Waals surface area (Å²) in [6.07, 6.45) is 3.41. The molecule has 0 aromatic heterocycles. The normalized spacial score (nSPS) is 21.1. The zero-order valence-electron chi connectivity index (χ0n) is 8.84. The maximum Gasteiger partial charge on any atom is 0.233 e. The Balaban J connectivity index is 1.96. The average Bonchev–Trinajstić information content (AvgIpc) is 2.68. The number of hydrogen-bond donors (Lipinski definition) is 2. The van der Waals surface area contributed by atoms with Crippen molar-refractivity contribution in [3.63, 3.8) is 0 Å². The summed E-state index contributed by atoms with van der Waals surface area (Å²) in [5, 5.41) is 6.17. The Hall–Kier alpha value is -0.220. The van der Waals surface area contributed by atoms with E-state index in [0.29, 0.717) is 12.6 Å². The van der Waals surface area contributed by atoms with Gasteiger partial charge in [-0.2, -0.15) is 11.8 Å². The lowest BCUT2D eigenvalue weighted by molar-refractivity contribution is -0.120. The van der Waals surface area contributed by atoms with Gasteiger partial charge in [0.1, 0.15) is 0 Å². The maximum atomic E-state index is 11.3. The van der Waals surface area contributed by atoms with Gasteiger partial charge >= 0.3 is 0 Å². The fourth-order valence-electron chi connectivity index (χ4n) is 1.40. The van der Waals surface area contributed by atoms with E-state index < -0.39 is 0 Å². The highest BCUT2D eigenvalue weighted by molar-refractivity contribution is 7.99. The van der Waals surface area contributed by atoms with Crippen molar-refractivity contribution >= 4 is 17.7 Å². The highest BCUT2D eigenvalue weighted by Gasteiger charge is 2.15. The number of amides is 1. The van der Waals surface area contributed by atoms with Gasteiger partial charge in [0.15, 0.2) is 0 Å². The summed E-state index contributed by atoms with van der Waals surface area (Å²) in [7, 11) is 0. The summed E-state index contributed by atoms with van der Waals surface area (Å²) in [4.78, 5) is 11.3. The average molecular weight is 216 g/mol. The summed E-state index contributed by atoms with van der Waals surface area (Å²) < 4.78 is 0. The van der Waals surface area contributed by atoms with Gasteiger partial charge in [-0.15, -0.1) is 0 Å². The minimum absolute atomic E-state index is 0.135. The summed E-state index contributed by atoms with van der Waals surface area (Å²) in [6.45, 7) is 3.42. The molecule has 0 spiro atoms. The number of hydrogen-bond acceptors (Lipinski definition) is 3. The number of carbonyl (C=O) groups excluding carboxylic acids is 1. The van der Waals surface area contributed by atoms with Crippen LogP contribution in [0, 0.1) is 0 Å². The van der Waals surface area contributed by atoms with Gasteiger partial charge in [-0.25, -0.2) is 0 Å². The highest BCUT2D eigenvalue weighted by Crippen LogP contribution is 2.16. The first-order chi connectivity index (χ1) is 6.83. The topological polar surface area (TPSA) is 41.1 Å². The van der Waals surface area contributed by atoms with Crippen molar-refractivity contribution in [2.24, 2.45) is 0 Å². The number of unbranched alkanes of at least 4 members (excludes halogenated alkanes) is 1. The third kappa shape index (κ3) is 4.86. The Bertz CT molecular complexity index is 170. The molecule has 1 heterocycles. The van der Waals surface area contributed by atoms with Gasteiger partial charge in [-0.05, 0) is 18.6 Å². The van der Waals surface area contributed by atoms with E-state index in [2.05, 4.69) is 17.6 Å². The molecule has 1 amide bonds. The number of thioether (sulfide) groups is 1. The number of nitrogens with one attached hydrogen (secondary N) is 2. The first-order valence-electron chi connectivity index (χ1n) is 5.40. The molecular weight excluding hydrogens is 196 g/mol. The molecule has 0 saturated carbocycles. The Kier molecular flexibility index (Phi) is 6.03. The van der Waals surface area contributed by atoms with Gasteiger partial charge in [-0.1, -0.05) is 13.3 Å². The van der Waals surface area contributed by atoms with Crippen molar-refractivity contribution in [2.75, 3.05) is 24.6 Å². The standard InChI is InChI=1S/C10H20N2OS/c1-2-3-5-11-10(13)7-12-9-4-6-14-8-9/h9,12H,2-8H2,1H3,(H,11,13). The molecule has 4 heteroatoms. The van der Waals surface area contributed by atoms with Gasteiger partial charge in [-0.3, -0.25) is 4.79 Å². The van der Waals surface area contributed by atoms with E-state index in [9.17, 15) is 4.79 Å². The second-order valence-corrected chi connectivity index (χ2v) is 4.79. The van der Waals surface area contributed by atoms with Gasteiger partial charge in [0.05, 0.1) is 6.54 Å². The summed E-state index contributed by atoms with van der Waals surface area (Å²) >= 11 is 1.96. The fourth-order valence-corrected chi connectivity index (χ4v) is 2.59. The van der Waals surface area contributed by atoms with Crippen molar-refractivity contribution in [3.8, 4) is 0 Å². The first kappa shape index (κ1) is 11.9. The molecule has 82 valence electrons. The SMILES string of the molecule is CCCCNC(=O)CNC1CCSC1. The van der Waals surface area contributed by atoms with Crippen LogP contribution in [0.5, 0.6) is 0 Å². The second-order valence-electron chi connectivity index (χ2n) is 3.64. The van der Waals surface area contributed by atoms with E-state index in [1.165, 1.54) is 12.2 Å². The molecule has 1 atom stereocenters. The van der Waals surface area contributed by atoms with E-state index in [0.717, 1.165) is 25.1 Å². The third-order valence-corrected chi connectivity index (χ3v) is 3.50. The van der Waals surface area contributed by atoms with E-state index in [1.54, 1.807) is 0 Å². The van der Waals surface area contributed by atoms with E-state index in [-0.39, 0.29) is 5.91 Å². The Morgan fingerprint density at radius 1 is 1.57 bits per heavy atom. The molecule has 0 aliphatic carbocycles. The molecule has 1 unspecified atom stereocenters. The fraction of sp³-hybridized carbons (Fsp3) is 0.900. The summed E-state index contributed by atoms with van der Waals surface area (Å²) in [5.74, 6) is 2.52. The molecule has 14 heavy (non-hydrogen) atoms. The summed E-state index contributed by atoms with van der Waals surface area (Å²) in [5.41, 5.74) is 0. The van der Waals surface area contributed by atoms with Gasteiger partial charge in [0.25, 0.3) is 0 Å². The third-order valence-electron chi connectivity index (χ3n) is 2.33. The van der Waals surface area contributed by atoms with Crippen LogP contribution in [0.25, 0.3) is 0 Å². The van der Waals surface area contributed by atoms with Crippen molar-refractivity contribution < 1.29 is 4.79 Å². The first-order valence-corrected chi connectivity index (χ1v) is 6.56. The minimum atomic E-state index is 0.135. The van der Waals surface area contributed by atoms with Crippen LogP contribution in [0.4, 0.5) is 0 Å². The number of carbonyl (C=O) groups is 1. The second kappa shape index (κ2) is 7.12. The molecule has 2 N–H and O–H groups in total. The van der Waals surface area contributed by atoms with Crippen LogP contribution in [-0.4, -0.2) is 36.5 Å². The van der Waals surface area contributed by atoms with Crippen molar-refractivity contribution in [2.45, 2.75) is 32.2 Å². The minimum Gasteiger partial charge on any atom is -0.355 e. The molecule has 0 radical (unpaired) electrons. The Labute approximate surface area is 90.4 Å². The van der Waals surface area contributed by atoms with E-state index in [1.807, 2.05) is 11.8 Å². The summed E-state index contributed by atoms with van der Waals surface area (Å²) in [6, 6.07) is 0.553. The van der Waals surface area contributed by atoms with Gasteiger partial charge < -0.3 is 10.6 Å². The predicted octanol–water partition coefficient (Wildman–Crippen LogP) is 0.998. The molecule has 1 aliphatic rings. The molecule has 0 aromatic rings. The van der Waals surface area contributed by atoms with Crippen LogP contribution in [0.1, 0.15) is 26.2 Å². The molecule has 1 aliphatic heterocycles. The van der Waals surface area contributed by atoms with Crippen LogP contribution < -0.4 is 10.6 Å². The van der Waals surface area contributed by atoms with Crippen LogP contribution in [-0.2, 0) is 4.79 Å². The molecular formula is C10H20N2OS. The molecule has 1 fully saturated rings.